The normalized spacial score (nSPS) is 16.9. The van der Waals surface area contributed by atoms with E-state index in [0.717, 1.165) is 40.9 Å². The van der Waals surface area contributed by atoms with Gasteiger partial charge in [0.2, 0.25) is 5.96 Å². The van der Waals surface area contributed by atoms with Gasteiger partial charge in [-0.1, -0.05) is 24.8 Å². The summed E-state index contributed by atoms with van der Waals surface area (Å²) in [5.74, 6) is 0.983. The Hall–Kier alpha value is -2.58. The Labute approximate surface area is 158 Å². The molecule has 4 nitrogen and oxygen atoms in total. The minimum atomic E-state index is 0.619. The zero-order chi connectivity index (χ0) is 18.1. The van der Waals surface area contributed by atoms with Crippen molar-refractivity contribution in [1.82, 2.24) is 9.80 Å². The van der Waals surface area contributed by atoms with E-state index in [2.05, 4.69) is 34.8 Å². The van der Waals surface area contributed by atoms with Crippen molar-refractivity contribution < 1.29 is 0 Å². The van der Waals surface area contributed by atoms with Crippen LogP contribution >= 0.6 is 11.3 Å². The molecule has 2 aliphatic rings. The summed E-state index contributed by atoms with van der Waals surface area (Å²) >= 11 is 1.70. The molecular formula is C21H22N4S. The number of rotatable bonds is 2. The molecule has 132 valence electrons. The van der Waals surface area contributed by atoms with Crippen LogP contribution in [0.15, 0.2) is 41.2 Å². The Kier molecular flexibility index (Phi) is 4.52. The lowest BCUT2D eigenvalue weighted by Gasteiger charge is -2.39. The molecule has 4 rings (SSSR count). The number of nitrogens with zero attached hydrogens (tertiary/aromatic N) is 4. The maximum atomic E-state index is 9.46. The van der Waals surface area contributed by atoms with Gasteiger partial charge in [0.25, 0.3) is 0 Å². The second-order valence-corrected chi connectivity index (χ2v) is 7.74. The van der Waals surface area contributed by atoms with E-state index in [1.807, 2.05) is 24.3 Å². The summed E-state index contributed by atoms with van der Waals surface area (Å²) < 4.78 is 0. The van der Waals surface area contributed by atoms with Crippen LogP contribution in [0.3, 0.4) is 0 Å². The molecule has 2 aliphatic heterocycles. The number of piperidine rings is 1. The SMILES string of the molecule is C=C1c2scc(C)c2N=C(N2CCCCC2)N1Cc1ccccc1C#N. The van der Waals surface area contributed by atoms with Crippen molar-refractivity contribution in [2.45, 2.75) is 32.7 Å². The Morgan fingerprint density at radius 2 is 2.00 bits per heavy atom. The molecule has 3 heterocycles. The first-order valence-electron chi connectivity index (χ1n) is 9.05. The smallest absolute Gasteiger partial charge is 0.206 e. The van der Waals surface area contributed by atoms with Crippen LogP contribution in [-0.2, 0) is 6.54 Å². The third-order valence-electron chi connectivity index (χ3n) is 5.09. The molecular weight excluding hydrogens is 340 g/mol. The molecule has 0 atom stereocenters. The third-order valence-corrected chi connectivity index (χ3v) is 6.22. The van der Waals surface area contributed by atoms with Crippen molar-refractivity contribution in [2.75, 3.05) is 13.1 Å². The van der Waals surface area contributed by atoms with Gasteiger partial charge < -0.3 is 9.80 Å². The summed E-state index contributed by atoms with van der Waals surface area (Å²) in [4.78, 5) is 10.8. The van der Waals surface area contributed by atoms with Crippen LogP contribution in [0.1, 0.15) is 40.8 Å². The van der Waals surface area contributed by atoms with E-state index >= 15 is 0 Å². The molecule has 5 heteroatoms. The largest absolute Gasteiger partial charge is 0.342 e. The van der Waals surface area contributed by atoms with Crippen LogP contribution in [0.4, 0.5) is 5.69 Å². The van der Waals surface area contributed by atoms with Crippen molar-refractivity contribution in [1.29, 1.82) is 5.26 Å². The minimum Gasteiger partial charge on any atom is -0.342 e. The van der Waals surface area contributed by atoms with Gasteiger partial charge in [-0.15, -0.1) is 11.3 Å². The van der Waals surface area contributed by atoms with Gasteiger partial charge >= 0.3 is 0 Å². The van der Waals surface area contributed by atoms with E-state index in [1.165, 1.54) is 24.8 Å². The lowest BCUT2D eigenvalue weighted by atomic mass is 10.1. The Bertz CT molecular complexity index is 912. The average molecular weight is 363 g/mol. The lowest BCUT2D eigenvalue weighted by Crippen LogP contribution is -2.46. The lowest BCUT2D eigenvalue weighted by molar-refractivity contribution is 0.306. The van der Waals surface area contributed by atoms with Crippen LogP contribution in [0.2, 0.25) is 0 Å². The zero-order valence-electron chi connectivity index (χ0n) is 15.0. The van der Waals surface area contributed by atoms with Crippen LogP contribution in [0, 0.1) is 18.3 Å². The number of aryl methyl sites for hydroxylation is 1. The van der Waals surface area contributed by atoms with Gasteiger partial charge in [0, 0.05) is 13.1 Å². The van der Waals surface area contributed by atoms with E-state index in [4.69, 9.17) is 4.99 Å². The first-order chi connectivity index (χ1) is 12.7. The number of hydrogen-bond acceptors (Lipinski definition) is 5. The molecule has 0 bridgehead atoms. The first kappa shape index (κ1) is 16.9. The number of fused-ring (bicyclic) bond motifs is 1. The van der Waals surface area contributed by atoms with Gasteiger partial charge in [0.15, 0.2) is 0 Å². The molecule has 1 fully saturated rings. The molecule has 26 heavy (non-hydrogen) atoms. The maximum absolute atomic E-state index is 9.46. The van der Waals surface area contributed by atoms with Gasteiger partial charge in [-0.25, -0.2) is 4.99 Å². The fraction of sp³-hybridized carbons (Fsp3) is 0.333. The van der Waals surface area contributed by atoms with Gasteiger partial charge in [-0.05, 0) is 48.8 Å². The number of likely N-dealkylation sites (tertiary alicyclic amines) is 1. The minimum absolute atomic E-state index is 0.619. The van der Waals surface area contributed by atoms with E-state index in [9.17, 15) is 5.26 Å². The van der Waals surface area contributed by atoms with Gasteiger partial charge in [-0.3, -0.25) is 0 Å². The molecule has 0 unspecified atom stereocenters. The first-order valence-corrected chi connectivity index (χ1v) is 9.93. The van der Waals surface area contributed by atoms with Gasteiger partial charge in [0.1, 0.15) is 0 Å². The standard InChI is InChI=1S/C21H22N4S/c1-15-14-26-20-16(2)25(13-18-9-5-4-8-17(18)12-22)21(23-19(15)20)24-10-6-3-7-11-24/h4-5,8-9,14H,2-3,6-7,10-11,13H2,1H3. The number of hydrogen-bond donors (Lipinski definition) is 0. The predicted octanol–water partition coefficient (Wildman–Crippen LogP) is 4.89. The molecule has 1 aromatic carbocycles. The number of aliphatic imine (C=N–C) groups is 1. The zero-order valence-corrected chi connectivity index (χ0v) is 15.9. The molecule has 0 N–H and O–H groups in total. The van der Waals surface area contributed by atoms with Crippen molar-refractivity contribution in [3.63, 3.8) is 0 Å². The van der Waals surface area contributed by atoms with E-state index < -0.39 is 0 Å². The molecule has 0 spiro atoms. The number of guanidine groups is 1. The fourth-order valence-electron chi connectivity index (χ4n) is 3.62. The summed E-state index contributed by atoms with van der Waals surface area (Å²) in [6, 6.07) is 10.1. The Morgan fingerprint density at radius 1 is 1.23 bits per heavy atom. The van der Waals surface area contributed by atoms with E-state index in [1.54, 1.807) is 11.3 Å². The molecule has 0 saturated carbocycles. The highest BCUT2D eigenvalue weighted by Crippen LogP contribution is 2.41. The summed E-state index contributed by atoms with van der Waals surface area (Å²) in [7, 11) is 0. The highest BCUT2D eigenvalue weighted by Gasteiger charge is 2.30. The maximum Gasteiger partial charge on any atom is 0.206 e. The number of nitriles is 1. The van der Waals surface area contributed by atoms with Crippen LogP contribution in [0.25, 0.3) is 5.70 Å². The second-order valence-electron chi connectivity index (χ2n) is 6.86. The van der Waals surface area contributed by atoms with Crippen molar-refractivity contribution in [3.05, 3.63) is 57.8 Å². The molecule has 2 aromatic rings. The summed E-state index contributed by atoms with van der Waals surface area (Å²) in [5, 5.41) is 11.6. The van der Waals surface area contributed by atoms with Crippen molar-refractivity contribution in [3.8, 4) is 6.07 Å². The summed E-state index contributed by atoms with van der Waals surface area (Å²) in [6.45, 7) is 9.18. The molecule has 0 radical (unpaired) electrons. The molecule has 1 aromatic heterocycles. The molecule has 1 saturated heterocycles. The van der Waals surface area contributed by atoms with Crippen LogP contribution < -0.4 is 0 Å². The van der Waals surface area contributed by atoms with E-state index in [0.29, 0.717) is 12.1 Å². The third kappa shape index (κ3) is 2.91. The van der Waals surface area contributed by atoms with Crippen molar-refractivity contribution in [2.24, 2.45) is 4.99 Å². The Balaban J connectivity index is 1.75. The summed E-state index contributed by atoms with van der Waals surface area (Å²) in [6.07, 6.45) is 3.68. The topological polar surface area (TPSA) is 42.6 Å². The van der Waals surface area contributed by atoms with Gasteiger partial charge in [0.05, 0.1) is 34.4 Å². The highest BCUT2D eigenvalue weighted by atomic mass is 32.1. The molecule has 0 amide bonds. The van der Waals surface area contributed by atoms with Crippen LogP contribution in [0.5, 0.6) is 0 Å². The predicted molar refractivity (Wildman–Crippen MR) is 107 cm³/mol. The average Bonchev–Trinajstić information content (AvgIpc) is 3.06. The van der Waals surface area contributed by atoms with Gasteiger partial charge in [-0.2, -0.15) is 5.26 Å². The van der Waals surface area contributed by atoms with Crippen molar-refractivity contribution >= 4 is 28.7 Å². The van der Waals surface area contributed by atoms with Crippen LogP contribution in [-0.4, -0.2) is 28.8 Å². The quantitative estimate of drug-likeness (QED) is 0.764. The highest BCUT2D eigenvalue weighted by molar-refractivity contribution is 7.11. The fourth-order valence-corrected chi connectivity index (χ4v) is 4.60. The summed E-state index contributed by atoms with van der Waals surface area (Å²) in [5.41, 5.74) is 4.98. The number of benzene rings is 1. The second kappa shape index (κ2) is 6.97. The number of thiophene rings is 1. The monoisotopic (exact) mass is 362 g/mol. The molecule has 0 aliphatic carbocycles. The van der Waals surface area contributed by atoms with E-state index in [-0.39, 0.29) is 0 Å². The Morgan fingerprint density at radius 3 is 2.77 bits per heavy atom.